The summed E-state index contributed by atoms with van der Waals surface area (Å²) in [5, 5.41) is 6.83. The van der Waals surface area contributed by atoms with Gasteiger partial charge in [0.15, 0.2) is 5.11 Å². The van der Waals surface area contributed by atoms with Crippen molar-refractivity contribution in [3.05, 3.63) is 42.2 Å². The van der Waals surface area contributed by atoms with Crippen molar-refractivity contribution in [2.24, 2.45) is 0 Å². The summed E-state index contributed by atoms with van der Waals surface area (Å²) in [5.74, 6) is 1.39. The van der Waals surface area contributed by atoms with E-state index in [0.29, 0.717) is 43.7 Å². The molecule has 2 saturated heterocycles. The van der Waals surface area contributed by atoms with E-state index in [1.165, 1.54) is 6.07 Å². The Kier molecular flexibility index (Phi) is 6.95. The van der Waals surface area contributed by atoms with Crippen molar-refractivity contribution in [1.29, 1.82) is 0 Å². The monoisotopic (exact) mass is 466 g/mol. The van der Waals surface area contributed by atoms with E-state index in [2.05, 4.69) is 25.5 Å². The first-order chi connectivity index (χ1) is 15.4. The number of piperazine rings is 1. The maximum absolute atomic E-state index is 12.7. The zero-order valence-corrected chi connectivity index (χ0v) is 18.3. The molecule has 2 aliphatic heterocycles. The minimum atomic E-state index is -4.37. The molecule has 0 aliphatic carbocycles. The highest BCUT2D eigenvalue weighted by atomic mass is 32.1. The highest BCUT2D eigenvalue weighted by molar-refractivity contribution is 7.80. The summed E-state index contributed by atoms with van der Waals surface area (Å²) in [7, 11) is 0. The van der Waals surface area contributed by atoms with Gasteiger partial charge in [-0.1, -0.05) is 0 Å². The lowest BCUT2D eigenvalue weighted by molar-refractivity contribution is -0.137. The Bertz CT molecular complexity index is 895. The smallest absolute Gasteiger partial charge is 0.376 e. The Labute approximate surface area is 190 Å². The maximum atomic E-state index is 12.7. The average molecular weight is 467 g/mol. The van der Waals surface area contributed by atoms with Gasteiger partial charge >= 0.3 is 6.18 Å². The van der Waals surface area contributed by atoms with Crippen LogP contribution >= 0.6 is 12.2 Å². The highest BCUT2D eigenvalue weighted by Gasteiger charge is 2.31. The molecular formula is C21H25F3N6OS. The van der Waals surface area contributed by atoms with Gasteiger partial charge in [-0.25, -0.2) is 9.97 Å². The molecule has 172 valence electrons. The minimum Gasteiger partial charge on any atom is -0.376 e. The third-order valence-corrected chi connectivity index (χ3v) is 5.77. The molecular weight excluding hydrogens is 441 g/mol. The molecule has 11 heteroatoms. The highest BCUT2D eigenvalue weighted by Crippen LogP contribution is 2.29. The summed E-state index contributed by atoms with van der Waals surface area (Å²) in [6.07, 6.45) is 0.600. The Morgan fingerprint density at radius 1 is 1.03 bits per heavy atom. The fraction of sp³-hybridized carbons (Fsp3) is 0.476. The standard InChI is InChI=1S/C21H25F3N6OS/c22-21(23,24)15-3-5-18(25-12-15)29-7-9-30(10-8-29)19-6-4-16(13-26-19)28-20(32)27-14-17-2-1-11-31-17/h3-6,12-13,17H,1-2,7-11,14H2,(H2,27,28,32)/t17-/m0/s1. The van der Waals surface area contributed by atoms with Gasteiger partial charge in [0.05, 0.1) is 23.6 Å². The number of alkyl halides is 3. The van der Waals surface area contributed by atoms with Crippen LogP contribution in [-0.2, 0) is 10.9 Å². The van der Waals surface area contributed by atoms with Crippen LogP contribution in [0.4, 0.5) is 30.5 Å². The molecule has 4 rings (SSSR count). The molecule has 1 atom stereocenters. The summed E-state index contributed by atoms with van der Waals surface area (Å²) < 4.78 is 43.7. The normalized spacial score (nSPS) is 19.2. The average Bonchev–Trinajstić information content (AvgIpc) is 3.32. The second-order valence-electron chi connectivity index (χ2n) is 7.75. The number of anilines is 3. The van der Waals surface area contributed by atoms with Crippen molar-refractivity contribution >= 4 is 34.7 Å². The van der Waals surface area contributed by atoms with Crippen molar-refractivity contribution in [2.45, 2.75) is 25.1 Å². The van der Waals surface area contributed by atoms with E-state index in [1.807, 2.05) is 17.0 Å². The molecule has 2 N–H and O–H groups in total. The van der Waals surface area contributed by atoms with Gasteiger partial charge in [0.1, 0.15) is 11.6 Å². The van der Waals surface area contributed by atoms with E-state index < -0.39 is 11.7 Å². The van der Waals surface area contributed by atoms with Crippen molar-refractivity contribution in [1.82, 2.24) is 15.3 Å². The van der Waals surface area contributed by atoms with Crippen LogP contribution in [0.15, 0.2) is 36.7 Å². The number of nitrogens with zero attached hydrogens (tertiary/aromatic N) is 4. The number of hydrogen-bond acceptors (Lipinski definition) is 6. The summed E-state index contributed by atoms with van der Waals surface area (Å²) in [6.45, 7) is 4.20. The lowest BCUT2D eigenvalue weighted by Crippen LogP contribution is -2.47. The van der Waals surface area contributed by atoms with Gasteiger partial charge in [-0.3, -0.25) is 0 Å². The summed E-state index contributed by atoms with van der Waals surface area (Å²) >= 11 is 5.33. The number of hydrogen-bond donors (Lipinski definition) is 2. The first-order valence-corrected chi connectivity index (χ1v) is 10.9. The number of thiocarbonyl (C=S) groups is 1. The molecule has 2 fully saturated rings. The second-order valence-corrected chi connectivity index (χ2v) is 8.16. The van der Waals surface area contributed by atoms with Crippen LogP contribution < -0.4 is 20.4 Å². The molecule has 0 saturated carbocycles. The van der Waals surface area contributed by atoms with Crippen LogP contribution in [-0.4, -0.2) is 60.5 Å². The van der Waals surface area contributed by atoms with Crippen molar-refractivity contribution in [3.8, 4) is 0 Å². The fourth-order valence-electron chi connectivity index (χ4n) is 3.74. The molecule has 2 aliphatic rings. The Morgan fingerprint density at radius 3 is 2.19 bits per heavy atom. The Morgan fingerprint density at radius 2 is 1.69 bits per heavy atom. The zero-order valence-electron chi connectivity index (χ0n) is 17.4. The summed E-state index contributed by atoms with van der Waals surface area (Å²) in [4.78, 5) is 12.6. The molecule has 0 spiro atoms. The van der Waals surface area contributed by atoms with E-state index in [1.54, 1.807) is 6.20 Å². The number of ether oxygens (including phenoxy) is 1. The van der Waals surface area contributed by atoms with Gasteiger partial charge in [-0.2, -0.15) is 13.2 Å². The molecule has 0 unspecified atom stereocenters. The van der Waals surface area contributed by atoms with Crippen molar-refractivity contribution in [2.75, 3.05) is 54.4 Å². The number of rotatable bonds is 5. The Balaban J connectivity index is 1.25. The van der Waals surface area contributed by atoms with E-state index in [9.17, 15) is 13.2 Å². The fourth-order valence-corrected chi connectivity index (χ4v) is 3.94. The number of aromatic nitrogens is 2. The molecule has 4 heterocycles. The topological polar surface area (TPSA) is 65.5 Å². The quantitative estimate of drug-likeness (QED) is 0.651. The lowest BCUT2D eigenvalue weighted by Gasteiger charge is -2.36. The zero-order chi connectivity index (χ0) is 22.6. The van der Waals surface area contributed by atoms with Gasteiger partial charge in [0, 0.05) is 45.5 Å². The third kappa shape index (κ3) is 5.77. The van der Waals surface area contributed by atoms with Gasteiger partial charge in [0.2, 0.25) is 0 Å². The predicted molar refractivity (Wildman–Crippen MR) is 121 cm³/mol. The predicted octanol–water partition coefficient (Wildman–Crippen LogP) is 3.29. The molecule has 0 aromatic carbocycles. The second kappa shape index (κ2) is 9.86. The van der Waals surface area contributed by atoms with Gasteiger partial charge < -0.3 is 25.2 Å². The molecule has 7 nitrogen and oxygen atoms in total. The van der Waals surface area contributed by atoms with Crippen LogP contribution in [0, 0.1) is 0 Å². The number of nitrogens with one attached hydrogen (secondary N) is 2. The Hall–Kier alpha value is -2.66. The van der Waals surface area contributed by atoms with E-state index in [0.717, 1.165) is 43.2 Å². The first-order valence-electron chi connectivity index (χ1n) is 10.5. The first kappa shape index (κ1) is 22.5. The molecule has 0 bridgehead atoms. The third-order valence-electron chi connectivity index (χ3n) is 5.52. The number of halogens is 3. The van der Waals surface area contributed by atoms with Gasteiger partial charge in [-0.05, 0) is 49.3 Å². The lowest BCUT2D eigenvalue weighted by atomic mass is 10.2. The molecule has 32 heavy (non-hydrogen) atoms. The molecule has 2 aromatic heterocycles. The number of pyridine rings is 2. The van der Waals surface area contributed by atoms with Gasteiger partial charge in [0.25, 0.3) is 0 Å². The molecule has 0 amide bonds. The van der Waals surface area contributed by atoms with Crippen LogP contribution in [0.3, 0.4) is 0 Å². The van der Waals surface area contributed by atoms with Gasteiger partial charge in [-0.15, -0.1) is 0 Å². The minimum absolute atomic E-state index is 0.215. The molecule has 0 radical (unpaired) electrons. The SMILES string of the molecule is FC(F)(F)c1ccc(N2CCN(c3ccc(NC(=S)NC[C@@H]4CCCO4)cn3)CC2)nc1. The van der Waals surface area contributed by atoms with Crippen LogP contribution in [0.5, 0.6) is 0 Å². The van der Waals surface area contributed by atoms with Crippen LogP contribution in [0.1, 0.15) is 18.4 Å². The summed E-state index contributed by atoms with van der Waals surface area (Å²) in [5.41, 5.74) is 0.0607. The van der Waals surface area contributed by atoms with Crippen molar-refractivity contribution < 1.29 is 17.9 Å². The van der Waals surface area contributed by atoms with Crippen molar-refractivity contribution in [3.63, 3.8) is 0 Å². The molecule has 2 aromatic rings. The van der Waals surface area contributed by atoms with Crippen LogP contribution in [0.2, 0.25) is 0 Å². The largest absolute Gasteiger partial charge is 0.417 e. The van der Waals surface area contributed by atoms with Crippen LogP contribution in [0.25, 0.3) is 0 Å². The summed E-state index contributed by atoms with van der Waals surface area (Å²) in [6, 6.07) is 6.35. The van der Waals surface area contributed by atoms with E-state index in [4.69, 9.17) is 17.0 Å². The van der Waals surface area contributed by atoms with E-state index in [-0.39, 0.29) is 6.10 Å². The maximum Gasteiger partial charge on any atom is 0.417 e. The van der Waals surface area contributed by atoms with E-state index >= 15 is 0 Å².